The van der Waals surface area contributed by atoms with Crippen LogP contribution in [-0.4, -0.2) is 51.2 Å². The van der Waals surface area contributed by atoms with E-state index in [9.17, 15) is 4.79 Å². The zero-order valence-electron chi connectivity index (χ0n) is 14.8. The number of ether oxygens (including phenoxy) is 2. The van der Waals surface area contributed by atoms with Crippen molar-refractivity contribution >= 4 is 5.91 Å². The number of hydrogen-bond acceptors (Lipinski definition) is 4. The second-order valence-corrected chi connectivity index (χ2v) is 7.06. The van der Waals surface area contributed by atoms with Gasteiger partial charge in [0.05, 0.1) is 5.41 Å². The minimum absolute atomic E-state index is 0.162. The molecule has 2 aliphatic rings. The second-order valence-electron chi connectivity index (χ2n) is 7.06. The van der Waals surface area contributed by atoms with E-state index in [0.717, 1.165) is 62.3 Å². The Bertz CT molecular complexity index is 580. The Morgan fingerprint density at radius 2 is 1.88 bits per heavy atom. The Morgan fingerprint density at radius 3 is 2.58 bits per heavy atom. The Kier molecular flexibility index (Phi) is 5.29. The molecular weight excluding hydrogens is 304 g/mol. The van der Waals surface area contributed by atoms with Gasteiger partial charge in [-0.25, -0.2) is 0 Å². The molecule has 1 amide bonds. The first-order valence-corrected chi connectivity index (χ1v) is 8.95. The molecule has 0 spiro atoms. The largest absolute Gasteiger partial charge is 0.486 e. The molecule has 0 atom stereocenters. The van der Waals surface area contributed by atoms with Gasteiger partial charge in [0.25, 0.3) is 0 Å². The van der Waals surface area contributed by atoms with Crippen LogP contribution < -0.4 is 14.8 Å². The van der Waals surface area contributed by atoms with Crippen LogP contribution in [0.15, 0.2) is 18.2 Å². The summed E-state index contributed by atoms with van der Waals surface area (Å²) < 4.78 is 11.3. The number of rotatable bonds is 6. The highest BCUT2D eigenvalue weighted by Gasteiger charge is 2.43. The van der Waals surface area contributed by atoms with E-state index in [0.29, 0.717) is 13.2 Å². The number of nitrogens with zero attached hydrogens (tertiary/aromatic N) is 1. The molecule has 1 heterocycles. The molecule has 0 radical (unpaired) electrons. The van der Waals surface area contributed by atoms with E-state index in [-0.39, 0.29) is 5.91 Å². The normalized spacial score (nSPS) is 18.6. The maximum atomic E-state index is 13.0. The van der Waals surface area contributed by atoms with E-state index >= 15 is 0 Å². The first kappa shape index (κ1) is 17.1. The Balaban J connectivity index is 1.74. The van der Waals surface area contributed by atoms with Crippen LogP contribution in [0.1, 0.15) is 37.7 Å². The van der Waals surface area contributed by atoms with Gasteiger partial charge in [0.1, 0.15) is 13.2 Å². The molecule has 0 aromatic heterocycles. The van der Waals surface area contributed by atoms with Crippen molar-refractivity contribution in [2.45, 2.75) is 37.5 Å². The van der Waals surface area contributed by atoms with E-state index in [4.69, 9.17) is 9.47 Å². The van der Waals surface area contributed by atoms with Gasteiger partial charge in [-0.05, 0) is 57.6 Å². The highest BCUT2D eigenvalue weighted by atomic mass is 16.6. The van der Waals surface area contributed by atoms with Crippen molar-refractivity contribution in [2.24, 2.45) is 0 Å². The first-order chi connectivity index (χ1) is 11.6. The highest BCUT2D eigenvalue weighted by molar-refractivity contribution is 5.88. The number of amides is 1. The van der Waals surface area contributed by atoms with Crippen molar-refractivity contribution in [2.75, 3.05) is 40.4 Å². The lowest BCUT2D eigenvalue weighted by atomic mass is 9.77. The second kappa shape index (κ2) is 7.43. The lowest BCUT2D eigenvalue weighted by Crippen LogP contribution is -2.43. The fourth-order valence-corrected chi connectivity index (χ4v) is 3.73. The molecule has 1 saturated carbocycles. The van der Waals surface area contributed by atoms with Crippen molar-refractivity contribution in [1.82, 2.24) is 10.2 Å². The Hall–Kier alpha value is -1.75. The molecule has 1 fully saturated rings. The van der Waals surface area contributed by atoms with E-state index in [1.54, 1.807) is 0 Å². The fourth-order valence-electron chi connectivity index (χ4n) is 3.73. The summed E-state index contributed by atoms with van der Waals surface area (Å²) in [4.78, 5) is 15.1. The van der Waals surface area contributed by atoms with E-state index in [2.05, 4.69) is 24.3 Å². The molecule has 3 rings (SSSR count). The van der Waals surface area contributed by atoms with Gasteiger partial charge in [0, 0.05) is 6.54 Å². The predicted octanol–water partition coefficient (Wildman–Crippen LogP) is 2.34. The number of hydrogen-bond donors (Lipinski definition) is 1. The molecule has 5 nitrogen and oxygen atoms in total. The SMILES string of the molecule is CN(C)CCCNC(=O)C1(c2ccc3c(c2)OCCO3)CCCC1. The van der Waals surface area contributed by atoms with Crippen molar-refractivity contribution in [3.05, 3.63) is 23.8 Å². The third kappa shape index (κ3) is 3.51. The van der Waals surface area contributed by atoms with Crippen molar-refractivity contribution in [1.29, 1.82) is 0 Å². The lowest BCUT2D eigenvalue weighted by molar-refractivity contribution is -0.126. The van der Waals surface area contributed by atoms with Crippen LogP contribution in [0.3, 0.4) is 0 Å². The van der Waals surface area contributed by atoms with Crippen LogP contribution >= 0.6 is 0 Å². The quantitative estimate of drug-likeness (QED) is 0.813. The van der Waals surface area contributed by atoms with Gasteiger partial charge >= 0.3 is 0 Å². The first-order valence-electron chi connectivity index (χ1n) is 8.95. The third-order valence-electron chi connectivity index (χ3n) is 5.05. The molecule has 1 aromatic carbocycles. The third-order valence-corrected chi connectivity index (χ3v) is 5.05. The summed E-state index contributed by atoms with van der Waals surface area (Å²) in [5, 5.41) is 3.16. The molecular formula is C19H28N2O3. The van der Waals surface area contributed by atoms with Gasteiger partial charge in [-0.3, -0.25) is 4.79 Å². The minimum Gasteiger partial charge on any atom is -0.486 e. The van der Waals surface area contributed by atoms with Crippen molar-refractivity contribution < 1.29 is 14.3 Å². The van der Waals surface area contributed by atoms with Gasteiger partial charge in [-0.2, -0.15) is 0 Å². The summed E-state index contributed by atoms with van der Waals surface area (Å²) in [7, 11) is 4.10. The molecule has 1 aromatic rings. The molecule has 1 N–H and O–H groups in total. The summed E-state index contributed by atoms with van der Waals surface area (Å²) in [5.74, 6) is 1.71. The molecule has 0 saturated heterocycles. The average Bonchev–Trinajstić information content (AvgIpc) is 3.09. The Morgan fingerprint density at radius 1 is 1.17 bits per heavy atom. The standard InChI is InChI=1S/C19H28N2O3/c1-21(2)11-5-10-20-18(22)19(8-3-4-9-19)15-6-7-16-17(14-15)24-13-12-23-16/h6-7,14H,3-5,8-13H2,1-2H3,(H,20,22). The van der Waals surface area contributed by atoms with Gasteiger partial charge in [-0.15, -0.1) is 0 Å². The smallest absolute Gasteiger partial charge is 0.230 e. The van der Waals surface area contributed by atoms with Crippen LogP contribution in [0.25, 0.3) is 0 Å². The predicted molar refractivity (Wildman–Crippen MR) is 93.8 cm³/mol. The van der Waals surface area contributed by atoms with Crippen LogP contribution in [0, 0.1) is 0 Å². The molecule has 1 aliphatic heterocycles. The molecule has 24 heavy (non-hydrogen) atoms. The average molecular weight is 332 g/mol. The van der Waals surface area contributed by atoms with E-state index in [1.807, 2.05) is 18.2 Å². The zero-order chi connectivity index (χ0) is 17.0. The van der Waals surface area contributed by atoms with Gasteiger partial charge in [0.2, 0.25) is 5.91 Å². The summed E-state index contributed by atoms with van der Waals surface area (Å²) in [6.45, 7) is 2.87. The fraction of sp³-hybridized carbons (Fsp3) is 0.632. The van der Waals surface area contributed by atoms with Crippen molar-refractivity contribution in [3.8, 4) is 11.5 Å². The number of nitrogens with one attached hydrogen (secondary N) is 1. The number of carbonyl (C=O) groups excluding carboxylic acids is 1. The van der Waals surface area contributed by atoms with Crippen LogP contribution in [-0.2, 0) is 10.2 Å². The zero-order valence-corrected chi connectivity index (χ0v) is 14.8. The summed E-state index contributed by atoms with van der Waals surface area (Å²) in [6.07, 6.45) is 4.98. The van der Waals surface area contributed by atoms with E-state index < -0.39 is 5.41 Å². The lowest BCUT2D eigenvalue weighted by Gasteiger charge is -2.30. The van der Waals surface area contributed by atoms with Gasteiger partial charge in [0.15, 0.2) is 11.5 Å². The Labute approximate surface area is 144 Å². The molecule has 0 unspecified atom stereocenters. The molecule has 1 aliphatic carbocycles. The maximum Gasteiger partial charge on any atom is 0.230 e. The molecule has 0 bridgehead atoms. The van der Waals surface area contributed by atoms with Gasteiger partial charge in [-0.1, -0.05) is 18.9 Å². The summed E-state index contributed by atoms with van der Waals surface area (Å²) in [5.41, 5.74) is 0.655. The highest BCUT2D eigenvalue weighted by Crippen LogP contribution is 2.44. The minimum atomic E-state index is -0.409. The number of carbonyl (C=O) groups is 1. The molecule has 5 heteroatoms. The summed E-state index contributed by atoms with van der Waals surface area (Å²) in [6, 6.07) is 6.00. The van der Waals surface area contributed by atoms with E-state index in [1.165, 1.54) is 0 Å². The maximum absolute atomic E-state index is 13.0. The molecule has 132 valence electrons. The van der Waals surface area contributed by atoms with Crippen LogP contribution in [0.4, 0.5) is 0 Å². The van der Waals surface area contributed by atoms with Gasteiger partial charge < -0.3 is 19.7 Å². The topological polar surface area (TPSA) is 50.8 Å². The number of fused-ring (bicyclic) bond motifs is 1. The monoisotopic (exact) mass is 332 g/mol. The van der Waals surface area contributed by atoms with Crippen LogP contribution in [0.2, 0.25) is 0 Å². The van der Waals surface area contributed by atoms with Crippen molar-refractivity contribution in [3.63, 3.8) is 0 Å². The number of benzene rings is 1. The summed E-state index contributed by atoms with van der Waals surface area (Å²) >= 11 is 0. The van der Waals surface area contributed by atoms with Crippen LogP contribution in [0.5, 0.6) is 11.5 Å².